The topological polar surface area (TPSA) is 51.7 Å². The predicted octanol–water partition coefficient (Wildman–Crippen LogP) is 3.68. The van der Waals surface area contributed by atoms with Gasteiger partial charge in [-0.15, -0.1) is 0 Å². The number of amides is 1. The summed E-state index contributed by atoms with van der Waals surface area (Å²) in [4.78, 5) is 17.9. The average molecular weight is 355 g/mol. The minimum absolute atomic E-state index is 0.169. The number of nitrogens with zero attached hydrogens (tertiary/aromatic N) is 2. The highest BCUT2D eigenvalue weighted by Crippen LogP contribution is 2.26. The molecule has 23 heavy (non-hydrogen) atoms. The Morgan fingerprint density at radius 3 is 2.57 bits per heavy atom. The lowest BCUT2D eigenvalue weighted by molar-refractivity contribution is 0.0784. The van der Waals surface area contributed by atoms with Crippen molar-refractivity contribution in [1.29, 1.82) is 0 Å². The van der Waals surface area contributed by atoms with Crippen LogP contribution in [0.1, 0.15) is 15.9 Å². The van der Waals surface area contributed by atoms with Crippen molar-refractivity contribution in [3.8, 4) is 11.5 Å². The Labute approximate surface area is 144 Å². The minimum Gasteiger partial charge on any atom is -0.497 e. The highest BCUT2D eigenvalue weighted by molar-refractivity contribution is 6.41. The first kappa shape index (κ1) is 17.4. The molecule has 0 fully saturated rings. The molecule has 0 saturated carbocycles. The average Bonchev–Trinajstić information content (AvgIpc) is 2.56. The maximum absolute atomic E-state index is 12.5. The molecule has 1 amide bonds. The Morgan fingerprint density at radius 1 is 1.22 bits per heavy atom. The first-order valence-corrected chi connectivity index (χ1v) is 7.49. The molecule has 0 aliphatic rings. The van der Waals surface area contributed by atoms with Crippen LogP contribution in [0, 0.1) is 0 Å². The summed E-state index contributed by atoms with van der Waals surface area (Å²) in [6.07, 6.45) is 1.40. The number of rotatable bonds is 5. The monoisotopic (exact) mass is 354 g/mol. The molecule has 0 unspecified atom stereocenters. The number of pyridine rings is 1. The maximum atomic E-state index is 12.5. The number of aromatic nitrogens is 1. The van der Waals surface area contributed by atoms with Crippen LogP contribution >= 0.6 is 23.2 Å². The maximum Gasteiger partial charge on any atom is 0.255 e. The fourth-order valence-corrected chi connectivity index (χ4v) is 2.34. The van der Waals surface area contributed by atoms with E-state index in [0.717, 1.165) is 5.56 Å². The molecule has 2 rings (SSSR count). The van der Waals surface area contributed by atoms with Crippen LogP contribution in [0.2, 0.25) is 10.2 Å². The van der Waals surface area contributed by atoms with Gasteiger partial charge in [0.2, 0.25) is 0 Å². The predicted molar refractivity (Wildman–Crippen MR) is 89.6 cm³/mol. The lowest BCUT2D eigenvalue weighted by atomic mass is 10.1. The molecule has 0 aliphatic heterocycles. The summed E-state index contributed by atoms with van der Waals surface area (Å²) in [6, 6.07) is 6.95. The largest absolute Gasteiger partial charge is 0.497 e. The second kappa shape index (κ2) is 7.53. The van der Waals surface area contributed by atoms with E-state index in [-0.39, 0.29) is 16.1 Å². The van der Waals surface area contributed by atoms with Crippen LogP contribution in [-0.4, -0.2) is 37.1 Å². The Hall–Kier alpha value is -1.98. The van der Waals surface area contributed by atoms with Crippen LogP contribution in [0.3, 0.4) is 0 Å². The number of hydrogen-bond acceptors (Lipinski definition) is 4. The molecular weight excluding hydrogens is 339 g/mol. The number of halogens is 2. The molecule has 122 valence electrons. The molecule has 0 bridgehead atoms. The van der Waals surface area contributed by atoms with Gasteiger partial charge in [0.05, 0.1) is 24.8 Å². The van der Waals surface area contributed by atoms with E-state index in [1.165, 1.54) is 12.3 Å². The van der Waals surface area contributed by atoms with Crippen LogP contribution in [0.15, 0.2) is 30.5 Å². The number of carbonyl (C=O) groups is 1. The van der Waals surface area contributed by atoms with Gasteiger partial charge in [-0.25, -0.2) is 4.98 Å². The summed E-state index contributed by atoms with van der Waals surface area (Å²) < 4.78 is 10.5. The van der Waals surface area contributed by atoms with Crippen molar-refractivity contribution in [3.63, 3.8) is 0 Å². The van der Waals surface area contributed by atoms with E-state index in [2.05, 4.69) is 4.98 Å². The van der Waals surface area contributed by atoms with E-state index in [9.17, 15) is 4.79 Å². The molecule has 1 aromatic heterocycles. The number of hydrogen-bond donors (Lipinski definition) is 0. The Morgan fingerprint density at radius 2 is 1.96 bits per heavy atom. The molecule has 7 heteroatoms. The first-order valence-electron chi connectivity index (χ1n) is 6.73. The molecule has 0 saturated heterocycles. The van der Waals surface area contributed by atoms with E-state index in [1.54, 1.807) is 32.2 Å². The normalized spacial score (nSPS) is 10.3. The van der Waals surface area contributed by atoms with E-state index in [4.69, 9.17) is 32.7 Å². The number of carbonyl (C=O) groups excluding carboxylic acids is 1. The third-order valence-corrected chi connectivity index (χ3v) is 3.98. The number of benzene rings is 1. The van der Waals surface area contributed by atoms with Crippen LogP contribution in [-0.2, 0) is 6.54 Å². The zero-order valence-corrected chi connectivity index (χ0v) is 14.5. The minimum atomic E-state index is -0.214. The van der Waals surface area contributed by atoms with Crippen molar-refractivity contribution in [3.05, 3.63) is 51.8 Å². The van der Waals surface area contributed by atoms with Crippen molar-refractivity contribution in [1.82, 2.24) is 9.88 Å². The van der Waals surface area contributed by atoms with Gasteiger partial charge in [0.1, 0.15) is 16.7 Å². The van der Waals surface area contributed by atoms with E-state index < -0.39 is 0 Å². The number of ether oxygens (including phenoxy) is 2. The summed E-state index contributed by atoms with van der Waals surface area (Å²) >= 11 is 11.7. The van der Waals surface area contributed by atoms with Crippen LogP contribution in [0.5, 0.6) is 11.5 Å². The molecule has 0 atom stereocenters. The Kier molecular flexibility index (Phi) is 5.69. The van der Waals surface area contributed by atoms with Gasteiger partial charge in [0, 0.05) is 31.4 Å². The zero-order valence-electron chi connectivity index (χ0n) is 13.0. The lowest BCUT2D eigenvalue weighted by Gasteiger charge is -2.19. The smallest absolute Gasteiger partial charge is 0.255 e. The fourth-order valence-electron chi connectivity index (χ4n) is 2.07. The molecule has 2 aromatic rings. The molecule has 5 nitrogen and oxygen atoms in total. The van der Waals surface area contributed by atoms with Crippen LogP contribution in [0.25, 0.3) is 0 Å². The van der Waals surface area contributed by atoms with Crippen molar-refractivity contribution in [2.24, 2.45) is 0 Å². The molecular formula is C16H16Cl2N2O3. The van der Waals surface area contributed by atoms with Gasteiger partial charge in [-0.05, 0) is 18.2 Å². The summed E-state index contributed by atoms with van der Waals surface area (Å²) in [5.74, 6) is 1.12. The lowest BCUT2D eigenvalue weighted by Crippen LogP contribution is -2.26. The van der Waals surface area contributed by atoms with Gasteiger partial charge in [0.15, 0.2) is 0 Å². The summed E-state index contributed by atoms with van der Waals surface area (Å²) in [5, 5.41) is 0.413. The highest BCUT2D eigenvalue weighted by Gasteiger charge is 2.16. The number of methoxy groups -OCH3 is 2. The summed E-state index contributed by atoms with van der Waals surface area (Å²) in [6.45, 7) is 0.367. The van der Waals surface area contributed by atoms with Crippen LogP contribution < -0.4 is 9.47 Å². The van der Waals surface area contributed by atoms with Gasteiger partial charge in [0.25, 0.3) is 5.91 Å². The third kappa shape index (κ3) is 4.06. The molecule has 0 aliphatic carbocycles. The standard InChI is InChI=1S/C16H16Cl2N2O3/c1-20(16(21)11-6-13(17)15(18)19-8-11)9-10-4-5-12(22-2)7-14(10)23-3/h4-8H,9H2,1-3H3. The van der Waals surface area contributed by atoms with E-state index >= 15 is 0 Å². The van der Waals surface area contributed by atoms with Gasteiger partial charge in [-0.1, -0.05) is 23.2 Å². The molecule has 1 aromatic carbocycles. The van der Waals surface area contributed by atoms with Crippen LogP contribution in [0.4, 0.5) is 0 Å². The quantitative estimate of drug-likeness (QED) is 0.768. The highest BCUT2D eigenvalue weighted by atomic mass is 35.5. The second-order valence-corrected chi connectivity index (χ2v) is 5.60. The third-order valence-electron chi connectivity index (χ3n) is 3.29. The van der Waals surface area contributed by atoms with E-state index in [1.807, 2.05) is 12.1 Å². The first-order chi connectivity index (χ1) is 11.0. The van der Waals surface area contributed by atoms with Gasteiger partial charge >= 0.3 is 0 Å². The van der Waals surface area contributed by atoms with Crippen molar-refractivity contribution < 1.29 is 14.3 Å². The van der Waals surface area contributed by atoms with Gasteiger partial charge in [-0.3, -0.25) is 4.79 Å². The van der Waals surface area contributed by atoms with Gasteiger partial charge in [-0.2, -0.15) is 0 Å². The Bertz CT molecular complexity index is 722. The SMILES string of the molecule is COc1ccc(CN(C)C(=O)c2cnc(Cl)c(Cl)c2)c(OC)c1. The summed E-state index contributed by atoms with van der Waals surface area (Å²) in [7, 11) is 4.85. The molecule has 0 radical (unpaired) electrons. The second-order valence-electron chi connectivity index (χ2n) is 4.84. The van der Waals surface area contributed by atoms with Crippen molar-refractivity contribution in [2.45, 2.75) is 6.54 Å². The van der Waals surface area contributed by atoms with Crippen molar-refractivity contribution >= 4 is 29.1 Å². The van der Waals surface area contributed by atoms with Gasteiger partial charge < -0.3 is 14.4 Å². The van der Waals surface area contributed by atoms with Crippen molar-refractivity contribution in [2.75, 3.05) is 21.3 Å². The zero-order chi connectivity index (χ0) is 17.0. The molecule has 0 N–H and O–H groups in total. The fraction of sp³-hybridized carbons (Fsp3) is 0.250. The summed E-state index contributed by atoms with van der Waals surface area (Å²) in [5.41, 5.74) is 1.23. The molecule has 1 heterocycles. The Balaban J connectivity index is 2.19. The van der Waals surface area contributed by atoms with E-state index in [0.29, 0.717) is 23.6 Å². The molecule has 0 spiro atoms.